The lowest BCUT2D eigenvalue weighted by atomic mass is 9.67. The number of nitrogens with zero attached hydrogens (tertiary/aromatic N) is 2. The lowest BCUT2D eigenvalue weighted by Crippen LogP contribution is -2.29. The Morgan fingerprint density at radius 1 is 0.381 bits per heavy atom. The van der Waals surface area contributed by atoms with Gasteiger partial charge in [0.05, 0.1) is 0 Å². The molecule has 304 valence electrons. The summed E-state index contributed by atoms with van der Waals surface area (Å²) in [6.07, 6.45) is 7.81. The van der Waals surface area contributed by atoms with Gasteiger partial charge in [0.1, 0.15) is 0 Å². The fraction of sp³-hybridized carbons (Fsp3) is 0.115. The van der Waals surface area contributed by atoms with Gasteiger partial charge in [0, 0.05) is 45.0 Å². The Labute approximate surface area is 372 Å². The molecule has 2 nitrogen and oxygen atoms in total. The monoisotopic (exact) mass is 810 g/mol. The SMILES string of the molecule is CC1(C)c2cc(N(c3ccc(C4(c5ccc(N(c6ccccc6)c6ccccc6)cc5)CC=CCC4)cc3)c3ccc4ccccc4c3)ccc2-c2c(-c3ccccc3)cccc21. The molecule has 2 aliphatic rings. The first kappa shape index (κ1) is 38.5. The lowest BCUT2D eigenvalue weighted by Gasteiger charge is -2.37. The normalized spacial score (nSPS) is 16.0. The zero-order chi connectivity index (χ0) is 42.4. The Morgan fingerprint density at radius 2 is 0.905 bits per heavy atom. The first-order valence-corrected chi connectivity index (χ1v) is 22.4. The topological polar surface area (TPSA) is 6.48 Å². The fourth-order valence-corrected chi connectivity index (χ4v) is 10.5. The molecule has 0 aromatic heterocycles. The quantitative estimate of drug-likeness (QED) is 0.134. The van der Waals surface area contributed by atoms with Gasteiger partial charge in [-0.05, 0) is 147 Å². The summed E-state index contributed by atoms with van der Waals surface area (Å²) in [4.78, 5) is 4.80. The van der Waals surface area contributed by atoms with Crippen LogP contribution in [0.1, 0.15) is 55.4 Å². The van der Waals surface area contributed by atoms with E-state index in [9.17, 15) is 0 Å². The molecule has 9 aromatic rings. The summed E-state index contributed by atoms with van der Waals surface area (Å²) < 4.78 is 0. The predicted octanol–water partition coefficient (Wildman–Crippen LogP) is 16.8. The second-order valence-electron chi connectivity index (χ2n) is 17.7. The standard InChI is InChI=1S/C61H50N2/c1-60(2)57-27-17-26-55(45-19-7-3-8-20-45)59(57)56-39-38-54(43-58(56)60)63(53-33-28-44-18-13-14-21-46(44)42-53)52-36-31-48(32-37-52)61(40-15-6-16-41-61)47-29-34-51(35-30-47)62(49-22-9-4-10-23-49)50-24-11-5-12-25-50/h3-15,17-39,42-43H,16,40-41H2,1-2H3. The summed E-state index contributed by atoms with van der Waals surface area (Å²) in [5.41, 5.74) is 17.2. The highest BCUT2D eigenvalue weighted by Crippen LogP contribution is 2.54. The van der Waals surface area contributed by atoms with Crippen molar-refractivity contribution in [1.29, 1.82) is 0 Å². The van der Waals surface area contributed by atoms with Crippen LogP contribution in [0.25, 0.3) is 33.0 Å². The van der Waals surface area contributed by atoms with E-state index in [1.54, 1.807) is 0 Å². The molecule has 0 bridgehead atoms. The maximum absolute atomic E-state index is 2.46. The van der Waals surface area contributed by atoms with E-state index in [-0.39, 0.29) is 10.8 Å². The van der Waals surface area contributed by atoms with Crippen molar-refractivity contribution in [3.8, 4) is 22.3 Å². The minimum Gasteiger partial charge on any atom is -0.311 e. The summed E-state index contributed by atoms with van der Waals surface area (Å²) in [7, 11) is 0. The molecule has 0 spiro atoms. The molecular weight excluding hydrogens is 761 g/mol. The number of anilines is 6. The van der Waals surface area contributed by atoms with Crippen molar-refractivity contribution in [3.05, 3.63) is 253 Å². The number of fused-ring (bicyclic) bond motifs is 4. The van der Waals surface area contributed by atoms with Crippen molar-refractivity contribution in [1.82, 2.24) is 0 Å². The number of rotatable bonds is 9. The highest BCUT2D eigenvalue weighted by Gasteiger charge is 2.38. The van der Waals surface area contributed by atoms with Gasteiger partial charge < -0.3 is 9.80 Å². The van der Waals surface area contributed by atoms with Crippen LogP contribution in [0, 0.1) is 0 Å². The summed E-state index contributed by atoms with van der Waals surface area (Å²) in [6.45, 7) is 4.77. The Kier molecular flexibility index (Phi) is 9.66. The molecule has 0 amide bonds. The van der Waals surface area contributed by atoms with E-state index in [1.807, 2.05) is 0 Å². The Balaban J connectivity index is 0.996. The number of hydrogen-bond donors (Lipinski definition) is 0. The van der Waals surface area contributed by atoms with Crippen LogP contribution < -0.4 is 9.80 Å². The average Bonchev–Trinajstić information content (AvgIpc) is 3.58. The second-order valence-corrected chi connectivity index (χ2v) is 17.7. The third kappa shape index (κ3) is 6.74. The van der Waals surface area contributed by atoms with Gasteiger partial charge in [-0.15, -0.1) is 0 Å². The maximum atomic E-state index is 2.46. The predicted molar refractivity (Wildman–Crippen MR) is 267 cm³/mol. The molecule has 1 atom stereocenters. The van der Waals surface area contributed by atoms with Crippen molar-refractivity contribution < 1.29 is 0 Å². The van der Waals surface area contributed by atoms with E-state index >= 15 is 0 Å². The van der Waals surface area contributed by atoms with Crippen molar-refractivity contribution in [2.45, 2.75) is 43.9 Å². The van der Waals surface area contributed by atoms with Crippen molar-refractivity contribution >= 4 is 44.9 Å². The molecule has 0 radical (unpaired) electrons. The molecule has 0 saturated carbocycles. The van der Waals surface area contributed by atoms with Crippen LogP contribution in [0.5, 0.6) is 0 Å². The van der Waals surface area contributed by atoms with E-state index in [2.05, 4.69) is 254 Å². The highest BCUT2D eigenvalue weighted by atomic mass is 15.1. The number of para-hydroxylation sites is 2. The zero-order valence-corrected chi connectivity index (χ0v) is 36.0. The molecule has 11 rings (SSSR count). The van der Waals surface area contributed by atoms with E-state index in [4.69, 9.17) is 0 Å². The summed E-state index contributed by atoms with van der Waals surface area (Å²) in [6, 6.07) is 80.6. The Morgan fingerprint density at radius 3 is 1.52 bits per heavy atom. The first-order valence-electron chi connectivity index (χ1n) is 22.4. The fourth-order valence-electron chi connectivity index (χ4n) is 10.5. The van der Waals surface area contributed by atoms with Gasteiger partial charge in [-0.1, -0.05) is 172 Å². The third-order valence-electron chi connectivity index (χ3n) is 13.8. The second kappa shape index (κ2) is 15.8. The molecule has 63 heavy (non-hydrogen) atoms. The van der Waals surface area contributed by atoms with Gasteiger partial charge in [-0.3, -0.25) is 0 Å². The van der Waals surface area contributed by atoms with Crippen molar-refractivity contribution in [3.63, 3.8) is 0 Å². The summed E-state index contributed by atoms with van der Waals surface area (Å²) in [5, 5.41) is 2.47. The number of allylic oxidation sites excluding steroid dienone is 2. The highest BCUT2D eigenvalue weighted by molar-refractivity contribution is 5.95. The molecule has 0 aliphatic heterocycles. The van der Waals surface area contributed by atoms with Crippen LogP contribution in [0.15, 0.2) is 231 Å². The minimum absolute atomic E-state index is 0.135. The molecule has 1 unspecified atom stereocenters. The zero-order valence-electron chi connectivity index (χ0n) is 36.0. The van der Waals surface area contributed by atoms with Gasteiger partial charge in [0.25, 0.3) is 0 Å². The summed E-state index contributed by atoms with van der Waals surface area (Å²) >= 11 is 0. The van der Waals surface area contributed by atoms with E-state index in [1.165, 1.54) is 55.3 Å². The van der Waals surface area contributed by atoms with Crippen LogP contribution in [0.4, 0.5) is 34.1 Å². The molecule has 0 fully saturated rings. The molecule has 9 aromatic carbocycles. The van der Waals surface area contributed by atoms with Gasteiger partial charge in [0.2, 0.25) is 0 Å². The molecule has 0 saturated heterocycles. The van der Waals surface area contributed by atoms with Crippen LogP contribution in [-0.4, -0.2) is 0 Å². The van der Waals surface area contributed by atoms with E-state index in [0.717, 1.165) is 53.4 Å². The Bertz CT molecular complexity index is 3060. The van der Waals surface area contributed by atoms with Crippen LogP contribution >= 0.6 is 0 Å². The average molecular weight is 811 g/mol. The van der Waals surface area contributed by atoms with Gasteiger partial charge in [-0.25, -0.2) is 0 Å². The molecule has 2 heteroatoms. The Hall–Kier alpha value is -7.42. The van der Waals surface area contributed by atoms with Crippen molar-refractivity contribution in [2.75, 3.05) is 9.80 Å². The largest absolute Gasteiger partial charge is 0.311 e. The van der Waals surface area contributed by atoms with Gasteiger partial charge >= 0.3 is 0 Å². The minimum atomic E-state index is -0.167. The first-order chi connectivity index (χ1) is 31.0. The summed E-state index contributed by atoms with van der Waals surface area (Å²) in [5.74, 6) is 0. The number of hydrogen-bond acceptors (Lipinski definition) is 2. The van der Waals surface area contributed by atoms with E-state index < -0.39 is 0 Å². The molecule has 0 heterocycles. The smallest absolute Gasteiger partial charge is 0.0468 e. The van der Waals surface area contributed by atoms with Crippen LogP contribution in [-0.2, 0) is 10.8 Å². The van der Waals surface area contributed by atoms with Gasteiger partial charge in [-0.2, -0.15) is 0 Å². The van der Waals surface area contributed by atoms with Crippen molar-refractivity contribution in [2.24, 2.45) is 0 Å². The van der Waals surface area contributed by atoms with Crippen LogP contribution in [0.3, 0.4) is 0 Å². The lowest BCUT2D eigenvalue weighted by molar-refractivity contribution is 0.465. The third-order valence-corrected chi connectivity index (χ3v) is 13.8. The molecular formula is C61H50N2. The number of benzene rings is 9. The van der Waals surface area contributed by atoms with Crippen LogP contribution in [0.2, 0.25) is 0 Å². The van der Waals surface area contributed by atoms with Gasteiger partial charge in [0.15, 0.2) is 0 Å². The maximum Gasteiger partial charge on any atom is 0.0468 e. The molecule has 2 aliphatic carbocycles. The van der Waals surface area contributed by atoms with E-state index in [0.29, 0.717) is 0 Å². The molecule has 0 N–H and O–H groups in total.